The van der Waals surface area contributed by atoms with Crippen LogP contribution in [0.25, 0.3) is 0 Å². The maximum atomic E-state index is 6.06. The molecule has 0 aliphatic heterocycles. The Morgan fingerprint density at radius 1 is 1.50 bits per heavy atom. The first-order valence-corrected chi connectivity index (χ1v) is 5.22. The highest BCUT2D eigenvalue weighted by molar-refractivity contribution is 6.32. The molecule has 0 aliphatic rings. The average Bonchev–Trinajstić information content (AvgIpc) is 2.67. The fourth-order valence-electron chi connectivity index (χ4n) is 1.33. The predicted octanol–water partition coefficient (Wildman–Crippen LogP) is 2.32. The second-order valence-corrected chi connectivity index (χ2v) is 3.83. The fraction of sp³-hybridized carbons (Fsp3) is 0.182. The van der Waals surface area contributed by atoms with Gasteiger partial charge >= 0.3 is 0 Å². The second kappa shape index (κ2) is 4.55. The van der Waals surface area contributed by atoms with Crippen LogP contribution in [-0.4, -0.2) is 9.78 Å². The van der Waals surface area contributed by atoms with Gasteiger partial charge < -0.3 is 10.5 Å². The molecular formula is C11H12ClN3O. The number of benzene rings is 1. The van der Waals surface area contributed by atoms with Gasteiger partial charge in [-0.2, -0.15) is 5.10 Å². The lowest BCUT2D eigenvalue weighted by atomic mass is 10.2. The molecular weight excluding hydrogens is 226 g/mol. The summed E-state index contributed by atoms with van der Waals surface area (Å²) in [7, 11) is 1.83. The monoisotopic (exact) mass is 237 g/mol. The number of hydrogen-bond acceptors (Lipinski definition) is 3. The molecule has 0 radical (unpaired) electrons. The zero-order valence-corrected chi connectivity index (χ0v) is 9.61. The van der Waals surface area contributed by atoms with Gasteiger partial charge in [0.1, 0.15) is 5.75 Å². The Labute approximate surface area is 98.6 Å². The number of nitrogens with zero attached hydrogens (tertiary/aromatic N) is 2. The van der Waals surface area contributed by atoms with Crippen molar-refractivity contribution >= 4 is 11.6 Å². The van der Waals surface area contributed by atoms with Gasteiger partial charge in [0.25, 0.3) is 0 Å². The molecule has 0 aliphatic carbocycles. The van der Waals surface area contributed by atoms with E-state index >= 15 is 0 Å². The Hall–Kier alpha value is -1.52. The lowest BCUT2D eigenvalue weighted by molar-refractivity contribution is 0.482. The van der Waals surface area contributed by atoms with Crippen LogP contribution in [0.1, 0.15) is 5.56 Å². The Morgan fingerprint density at radius 2 is 2.31 bits per heavy atom. The molecule has 0 amide bonds. The summed E-state index contributed by atoms with van der Waals surface area (Å²) in [4.78, 5) is 0. The summed E-state index contributed by atoms with van der Waals surface area (Å²) in [5.41, 5.74) is 6.49. The van der Waals surface area contributed by atoms with Crippen molar-refractivity contribution in [2.24, 2.45) is 12.8 Å². The fourth-order valence-corrected chi connectivity index (χ4v) is 1.57. The number of rotatable bonds is 3. The van der Waals surface area contributed by atoms with Crippen LogP contribution in [0.5, 0.6) is 11.5 Å². The zero-order valence-electron chi connectivity index (χ0n) is 8.85. The topological polar surface area (TPSA) is 53.1 Å². The van der Waals surface area contributed by atoms with Crippen molar-refractivity contribution in [3.8, 4) is 11.5 Å². The number of ether oxygens (including phenoxy) is 1. The first-order chi connectivity index (χ1) is 7.69. The van der Waals surface area contributed by atoms with Crippen molar-refractivity contribution in [3.05, 3.63) is 41.2 Å². The molecule has 0 saturated heterocycles. The minimum atomic E-state index is 0.465. The average molecular weight is 238 g/mol. The molecule has 2 aromatic rings. The molecule has 5 heteroatoms. The van der Waals surface area contributed by atoms with Crippen LogP contribution in [-0.2, 0) is 13.6 Å². The van der Waals surface area contributed by atoms with Crippen LogP contribution >= 0.6 is 11.6 Å². The molecule has 1 aromatic carbocycles. The summed E-state index contributed by atoms with van der Waals surface area (Å²) in [6.07, 6.45) is 3.40. The van der Waals surface area contributed by atoms with Gasteiger partial charge in [0, 0.05) is 13.6 Å². The van der Waals surface area contributed by atoms with E-state index in [1.54, 1.807) is 29.2 Å². The van der Waals surface area contributed by atoms with Crippen LogP contribution < -0.4 is 10.5 Å². The van der Waals surface area contributed by atoms with Crippen molar-refractivity contribution in [1.29, 1.82) is 0 Å². The highest BCUT2D eigenvalue weighted by Crippen LogP contribution is 2.29. The molecule has 16 heavy (non-hydrogen) atoms. The molecule has 0 fully saturated rings. The molecule has 0 bridgehead atoms. The van der Waals surface area contributed by atoms with Crippen molar-refractivity contribution in [2.45, 2.75) is 6.54 Å². The third-order valence-electron chi connectivity index (χ3n) is 2.14. The SMILES string of the molecule is Cn1cc(Oc2ccc(CN)cc2Cl)cn1. The van der Waals surface area contributed by atoms with Gasteiger partial charge in [-0.05, 0) is 17.7 Å². The third-order valence-corrected chi connectivity index (χ3v) is 2.44. The normalized spacial score (nSPS) is 10.4. The maximum absolute atomic E-state index is 6.06. The van der Waals surface area contributed by atoms with Gasteiger partial charge in [-0.25, -0.2) is 0 Å². The van der Waals surface area contributed by atoms with Crippen molar-refractivity contribution in [3.63, 3.8) is 0 Å². The van der Waals surface area contributed by atoms with Gasteiger partial charge in [0.15, 0.2) is 5.75 Å². The van der Waals surface area contributed by atoms with Crippen LogP contribution in [0.3, 0.4) is 0 Å². The van der Waals surface area contributed by atoms with Gasteiger partial charge in [0.05, 0.1) is 17.4 Å². The van der Waals surface area contributed by atoms with Crippen LogP contribution in [0.4, 0.5) is 0 Å². The van der Waals surface area contributed by atoms with Crippen LogP contribution in [0.2, 0.25) is 5.02 Å². The van der Waals surface area contributed by atoms with Gasteiger partial charge in [-0.1, -0.05) is 17.7 Å². The summed E-state index contributed by atoms with van der Waals surface area (Å²) < 4.78 is 7.24. The Bertz CT molecular complexity index is 496. The molecule has 1 aromatic heterocycles. The first kappa shape index (κ1) is 11.0. The molecule has 2 N–H and O–H groups in total. The van der Waals surface area contributed by atoms with Crippen molar-refractivity contribution in [2.75, 3.05) is 0 Å². The summed E-state index contributed by atoms with van der Waals surface area (Å²) in [6, 6.07) is 5.49. The summed E-state index contributed by atoms with van der Waals surface area (Å²) in [5.74, 6) is 1.26. The molecule has 0 unspecified atom stereocenters. The highest BCUT2D eigenvalue weighted by Gasteiger charge is 2.05. The lowest BCUT2D eigenvalue weighted by Gasteiger charge is -2.06. The van der Waals surface area contributed by atoms with Crippen molar-refractivity contribution in [1.82, 2.24) is 9.78 Å². The number of aryl methyl sites for hydroxylation is 1. The molecule has 0 saturated carbocycles. The first-order valence-electron chi connectivity index (χ1n) is 4.84. The molecule has 0 spiro atoms. The molecule has 2 rings (SSSR count). The van der Waals surface area contributed by atoms with Crippen molar-refractivity contribution < 1.29 is 4.74 Å². The standard InChI is InChI=1S/C11H12ClN3O/c1-15-7-9(6-14-15)16-11-3-2-8(5-13)4-10(11)12/h2-4,6-7H,5,13H2,1H3. The van der Waals surface area contributed by atoms with Gasteiger partial charge in [-0.3, -0.25) is 4.68 Å². The van der Waals surface area contributed by atoms with E-state index in [2.05, 4.69) is 5.10 Å². The Balaban J connectivity index is 2.21. The molecule has 1 heterocycles. The summed E-state index contributed by atoms with van der Waals surface area (Å²) in [5, 5.41) is 4.55. The predicted molar refractivity (Wildman–Crippen MR) is 62.6 cm³/mol. The van der Waals surface area contributed by atoms with Crippen LogP contribution in [0.15, 0.2) is 30.6 Å². The van der Waals surface area contributed by atoms with E-state index in [0.29, 0.717) is 23.1 Å². The number of aromatic nitrogens is 2. The molecule has 4 nitrogen and oxygen atoms in total. The van der Waals surface area contributed by atoms with E-state index in [0.717, 1.165) is 5.56 Å². The Kier molecular flexibility index (Phi) is 3.12. The van der Waals surface area contributed by atoms with Gasteiger partial charge in [-0.15, -0.1) is 0 Å². The van der Waals surface area contributed by atoms with Gasteiger partial charge in [0.2, 0.25) is 0 Å². The highest BCUT2D eigenvalue weighted by atomic mass is 35.5. The Morgan fingerprint density at radius 3 is 2.88 bits per heavy atom. The number of hydrogen-bond donors (Lipinski definition) is 1. The lowest BCUT2D eigenvalue weighted by Crippen LogP contribution is -1.96. The maximum Gasteiger partial charge on any atom is 0.165 e. The summed E-state index contributed by atoms with van der Waals surface area (Å²) >= 11 is 6.06. The molecule has 0 atom stereocenters. The minimum absolute atomic E-state index is 0.465. The number of nitrogens with two attached hydrogens (primary N) is 1. The van der Waals surface area contributed by atoms with E-state index < -0.39 is 0 Å². The van der Waals surface area contributed by atoms with E-state index in [9.17, 15) is 0 Å². The molecule has 84 valence electrons. The summed E-state index contributed by atoms with van der Waals surface area (Å²) in [6.45, 7) is 0.465. The quantitative estimate of drug-likeness (QED) is 0.892. The van der Waals surface area contributed by atoms with Crippen LogP contribution in [0, 0.1) is 0 Å². The van der Waals surface area contributed by atoms with E-state index in [-0.39, 0.29) is 0 Å². The second-order valence-electron chi connectivity index (χ2n) is 3.42. The van der Waals surface area contributed by atoms with E-state index in [1.165, 1.54) is 0 Å². The zero-order chi connectivity index (χ0) is 11.5. The third kappa shape index (κ3) is 2.35. The number of halogens is 1. The van der Waals surface area contributed by atoms with E-state index in [1.807, 2.05) is 13.1 Å². The largest absolute Gasteiger partial charge is 0.452 e. The smallest absolute Gasteiger partial charge is 0.165 e. The van der Waals surface area contributed by atoms with E-state index in [4.69, 9.17) is 22.1 Å². The minimum Gasteiger partial charge on any atom is -0.452 e.